The quantitative estimate of drug-likeness (QED) is 0.790. The third kappa shape index (κ3) is 2.74. The Bertz CT molecular complexity index is 415. The maximum Gasteiger partial charge on any atom is 0.192 e. The molecule has 2 rings (SSSR count). The van der Waals surface area contributed by atoms with Gasteiger partial charge in [-0.05, 0) is 23.9 Å². The SMILES string of the molecule is NCc1cnc(Sc2ccncc2)nc1. The first-order valence-electron chi connectivity index (χ1n) is 4.47. The van der Waals surface area contributed by atoms with Crippen LogP contribution in [-0.4, -0.2) is 15.0 Å². The number of aromatic nitrogens is 3. The summed E-state index contributed by atoms with van der Waals surface area (Å²) >= 11 is 1.50. The Morgan fingerprint density at radius 2 is 1.80 bits per heavy atom. The molecule has 2 aromatic heterocycles. The minimum Gasteiger partial charge on any atom is -0.326 e. The second-order valence-electron chi connectivity index (χ2n) is 2.86. The molecule has 4 nitrogen and oxygen atoms in total. The highest BCUT2D eigenvalue weighted by Gasteiger charge is 1.99. The van der Waals surface area contributed by atoms with Gasteiger partial charge in [-0.25, -0.2) is 9.97 Å². The lowest BCUT2D eigenvalue weighted by molar-refractivity contribution is 0.913. The maximum absolute atomic E-state index is 5.46. The Hall–Kier alpha value is -1.46. The van der Waals surface area contributed by atoms with Crippen molar-refractivity contribution in [2.24, 2.45) is 5.73 Å². The predicted molar refractivity (Wildman–Crippen MR) is 58.3 cm³/mol. The van der Waals surface area contributed by atoms with E-state index in [1.54, 1.807) is 24.8 Å². The number of hydrogen-bond acceptors (Lipinski definition) is 5. The molecule has 76 valence electrons. The van der Waals surface area contributed by atoms with Gasteiger partial charge in [0.05, 0.1) is 0 Å². The summed E-state index contributed by atoms with van der Waals surface area (Å²) in [6.07, 6.45) is 6.99. The minimum absolute atomic E-state index is 0.472. The van der Waals surface area contributed by atoms with Crippen LogP contribution in [0.3, 0.4) is 0 Å². The lowest BCUT2D eigenvalue weighted by atomic mass is 10.4. The topological polar surface area (TPSA) is 64.7 Å². The highest BCUT2D eigenvalue weighted by molar-refractivity contribution is 7.99. The molecule has 0 atom stereocenters. The van der Waals surface area contributed by atoms with E-state index in [4.69, 9.17) is 5.73 Å². The van der Waals surface area contributed by atoms with E-state index in [1.165, 1.54) is 11.8 Å². The van der Waals surface area contributed by atoms with Crippen molar-refractivity contribution in [3.05, 3.63) is 42.5 Å². The molecule has 2 aromatic rings. The summed E-state index contributed by atoms with van der Waals surface area (Å²) in [6.45, 7) is 0.472. The average Bonchev–Trinajstić information content (AvgIpc) is 2.31. The molecule has 0 saturated carbocycles. The number of nitrogens with zero attached hydrogens (tertiary/aromatic N) is 3. The van der Waals surface area contributed by atoms with E-state index in [0.717, 1.165) is 15.6 Å². The van der Waals surface area contributed by atoms with Crippen LogP contribution in [0.1, 0.15) is 5.56 Å². The Morgan fingerprint density at radius 1 is 1.13 bits per heavy atom. The molecule has 0 aliphatic carbocycles. The Morgan fingerprint density at radius 3 is 2.40 bits per heavy atom. The smallest absolute Gasteiger partial charge is 0.192 e. The van der Waals surface area contributed by atoms with Crippen molar-refractivity contribution in [3.63, 3.8) is 0 Å². The molecular formula is C10H10N4S. The summed E-state index contributed by atoms with van der Waals surface area (Å²) in [4.78, 5) is 13.4. The van der Waals surface area contributed by atoms with Crippen LogP contribution >= 0.6 is 11.8 Å². The van der Waals surface area contributed by atoms with E-state index in [1.807, 2.05) is 12.1 Å². The Balaban J connectivity index is 2.11. The largest absolute Gasteiger partial charge is 0.326 e. The monoisotopic (exact) mass is 218 g/mol. The summed E-state index contributed by atoms with van der Waals surface area (Å²) in [5, 5.41) is 0.721. The molecule has 15 heavy (non-hydrogen) atoms. The Kier molecular flexibility index (Phi) is 3.26. The molecule has 0 radical (unpaired) electrons. The van der Waals surface area contributed by atoms with Gasteiger partial charge in [0.15, 0.2) is 5.16 Å². The number of nitrogens with two attached hydrogens (primary N) is 1. The predicted octanol–water partition coefficient (Wildman–Crippen LogP) is 1.48. The summed E-state index contributed by atoms with van der Waals surface area (Å²) in [7, 11) is 0. The molecule has 2 heterocycles. The van der Waals surface area contributed by atoms with Crippen LogP contribution in [0.2, 0.25) is 0 Å². The molecule has 0 fully saturated rings. The second kappa shape index (κ2) is 4.86. The van der Waals surface area contributed by atoms with Crippen molar-refractivity contribution in [2.45, 2.75) is 16.6 Å². The molecule has 0 aliphatic rings. The highest BCUT2D eigenvalue weighted by atomic mass is 32.2. The van der Waals surface area contributed by atoms with Gasteiger partial charge in [0, 0.05) is 41.8 Å². The van der Waals surface area contributed by atoms with Crippen molar-refractivity contribution in [2.75, 3.05) is 0 Å². The van der Waals surface area contributed by atoms with Crippen LogP contribution in [0, 0.1) is 0 Å². The summed E-state index contributed by atoms with van der Waals surface area (Å²) in [6, 6.07) is 3.84. The fourth-order valence-electron chi connectivity index (χ4n) is 1.01. The molecule has 0 aromatic carbocycles. The standard InChI is InChI=1S/C10H10N4S/c11-5-8-6-13-10(14-7-8)15-9-1-3-12-4-2-9/h1-4,6-7H,5,11H2. The van der Waals surface area contributed by atoms with Gasteiger partial charge in [0.25, 0.3) is 0 Å². The summed E-state index contributed by atoms with van der Waals surface area (Å²) in [5.74, 6) is 0. The molecule has 0 unspecified atom stereocenters. The third-order valence-corrected chi connectivity index (χ3v) is 2.68. The van der Waals surface area contributed by atoms with Crippen LogP contribution in [0.25, 0.3) is 0 Å². The minimum atomic E-state index is 0.472. The van der Waals surface area contributed by atoms with Gasteiger partial charge in [-0.1, -0.05) is 0 Å². The van der Waals surface area contributed by atoms with E-state index in [9.17, 15) is 0 Å². The lowest BCUT2D eigenvalue weighted by Gasteiger charge is -1.99. The third-order valence-electron chi connectivity index (χ3n) is 1.78. The Labute approximate surface area is 92.0 Å². The van der Waals surface area contributed by atoms with E-state index < -0.39 is 0 Å². The molecule has 5 heteroatoms. The van der Waals surface area contributed by atoms with Crippen molar-refractivity contribution < 1.29 is 0 Å². The number of rotatable bonds is 3. The maximum atomic E-state index is 5.46. The van der Waals surface area contributed by atoms with Crippen molar-refractivity contribution >= 4 is 11.8 Å². The molecule has 2 N–H and O–H groups in total. The van der Waals surface area contributed by atoms with E-state index in [-0.39, 0.29) is 0 Å². The van der Waals surface area contributed by atoms with E-state index in [2.05, 4.69) is 15.0 Å². The van der Waals surface area contributed by atoms with Gasteiger partial charge < -0.3 is 5.73 Å². The van der Waals surface area contributed by atoms with Crippen LogP contribution in [0.5, 0.6) is 0 Å². The van der Waals surface area contributed by atoms with E-state index >= 15 is 0 Å². The summed E-state index contributed by atoms with van der Waals surface area (Å²) in [5.41, 5.74) is 6.40. The van der Waals surface area contributed by atoms with Gasteiger partial charge in [-0.3, -0.25) is 4.98 Å². The van der Waals surface area contributed by atoms with Crippen molar-refractivity contribution in [3.8, 4) is 0 Å². The fraction of sp³-hybridized carbons (Fsp3) is 0.100. The molecular weight excluding hydrogens is 208 g/mol. The zero-order valence-electron chi connectivity index (χ0n) is 8.00. The molecule has 0 spiro atoms. The van der Waals surface area contributed by atoms with Crippen LogP contribution < -0.4 is 5.73 Å². The lowest BCUT2D eigenvalue weighted by Crippen LogP contribution is -1.98. The highest BCUT2D eigenvalue weighted by Crippen LogP contribution is 2.22. The zero-order valence-corrected chi connectivity index (χ0v) is 8.81. The normalized spacial score (nSPS) is 10.2. The molecule has 0 saturated heterocycles. The van der Waals surface area contributed by atoms with Crippen LogP contribution in [0.4, 0.5) is 0 Å². The zero-order chi connectivity index (χ0) is 10.5. The summed E-state index contributed by atoms with van der Waals surface area (Å²) < 4.78 is 0. The van der Waals surface area contributed by atoms with Gasteiger partial charge in [0.1, 0.15) is 0 Å². The number of hydrogen-bond donors (Lipinski definition) is 1. The first-order chi connectivity index (χ1) is 7.38. The number of pyridine rings is 1. The van der Waals surface area contributed by atoms with Crippen LogP contribution in [0.15, 0.2) is 47.0 Å². The molecule has 0 bridgehead atoms. The first kappa shape index (κ1) is 10.1. The van der Waals surface area contributed by atoms with Crippen molar-refractivity contribution in [1.82, 2.24) is 15.0 Å². The van der Waals surface area contributed by atoms with Crippen molar-refractivity contribution in [1.29, 1.82) is 0 Å². The molecule has 0 amide bonds. The van der Waals surface area contributed by atoms with Gasteiger partial charge >= 0.3 is 0 Å². The molecule has 0 aliphatic heterocycles. The first-order valence-corrected chi connectivity index (χ1v) is 5.29. The van der Waals surface area contributed by atoms with Gasteiger partial charge in [0.2, 0.25) is 0 Å². The van der Waals surface area contributed by atoms with Crippen LogP contribution in [-0.2, 0) is 6.54 Å². The second-order valence-corrected chi connectivity index (χ2v) is 3.90. The fourth-order valence-corrected chi connectivity index (χ4v) is 1.69. The van der Waals surface area contributed by atoms with Gasteiger partial charge in [-0.2, -0.15) is 0 Å². The average molecular weight is 218 g/mol. The van der Waals surface area contributed by atoms with E-state index in [0.29, 0.717) is 6.54 Å². The van der Waals surface area contributed by atoms with Gasteiger partial charge in [-0.15, -0.1) is 0 Å².